The Hall–Kier alpha value is -2.63. The second kappa shape index (κ2) is 6.02. The molecule has 0 aliphatic carbocycles. The predicted molar refractivity (Wildman–Crippen MR) is 92.9 cm³/mol. The fourth-order valence-corrected chi connectivity index (χ4v) is 4.11. The van der Waals surface area contributed by atoms with Gasteiger partial charge in [-0.25, -0.2) is 0 Å². The van der Waals surface area contributed by atoms with Crippen LogP contribution >= 0.6 is 0 Å². The van der Waals surface area contributed by atoms with Gasteiger partial charge in [-0.2, -0.15) is 5.10 Å². The van der Waals surface area contributed by atoms with Crippen molar-refractivity contribution in [2.45, 2.75) is 39.3 Å². The lowest BCUT2D eigenvalue weighted by atomic mass is 10.0. The molecule has 2 aromatic rings. The largest absolute Gasteiger partial charge is 0.334 e. The molecule has 1 saturated heterocycles. The first kappa shape index (κ1) is 15.9. The Balaban J connectivity index is 1.51. The monoisotopic (exact) mass is 338 g/mol. The third kappa shape index (κ3) is 2.62. The van der Waals surface area contributed by atoms with Crippen LogP contribution in [0.4, 0.5) is 0 Å². The SMILES string of the molecule is Cc1n[nH]c(C)c1C1CCCN1C(=O)CN1Cc2ccccc2C1=O. The zero-order valence-electron chi connectivity index (χ0n) is 14.6. The van der Waals surface area contributed by atoms with Crippen LogP contribution in [0.5, 0.6) is 0 Å². The summed E-state index contributed by atoms with van der Waals surface area (Å²) in [7, 11) is 0. The standard InChI is InChI=1S/C19H22N4O2/c1-12-18(13(2)21-20-12)16-8-5-9-23(16)17(24)11-22-10-14-6-3-4-7-15(14)19(22)25/h3-4,6-7,16H,5,8-11H2,1-2H3,(H,20,21). The van der Waals surface area contributed by atoms with Crippen molar-refractivity contribution in [1.82, 2.24) is 20.0 Å². The molecule has 0 saturated carbocycles. The molecular formula is C19H22N4O2. The van der Waals surface area contributed by atoms with Gasteiger partial charge in [0.15, 0.2) is 0 Å². The maximum atomic E-state index is 12.9. The van der Waals surface area contributed by atoms with Crippen molar-refractivity contribution in [2.24, 2.45) is 0 Å². The van der Waals surface area contributed by atoms with E-state index in [1.807, 2.05) is 43.0 Å². The highest BCUT2D eigenvalue weighted by Gasteiger charge is 2.35. The van der Waals surface area contributed by atoms with Crippen LogP contribution in [0.3, 0.4) is 0 Å². The van der Waals surface area contributed by atoms with Gasteiger partial charge in [0, 0.05) is 29.9 Å². The van der Waals surface area contributed by atoms with E-state index in [9.17, 15) is 9.59 Å². The van der Waals surface area contributed by atoms with Gasteiger partial charge in [-0.15, -0.1) is 0 Å². The Morgan fingerprint density at radius 2 is 2.12 bits per heavy atom. The summed E-state index contributed by atoms with van der Waals surface area (Å²) in [5.74, 6) is -0.0287. The van der Waals surface area contributed by atoms with Crippen LogP contribution in [0.1, 0.15) is 51.8 Å². The zero-order chi connectivity index (χ0) is 17.6. The van der Waals surface area contributed by atoms with Gasteiger partial charge in [-0.1, -0.05) is 18.2 Å². The fourth-order valence-electron chi connectivity index (χ4n) is 4.11. The number of hydrogen-bond acceptors (Lipinski definition) is 3. The smallest absolute Gasteiger partial charge is 0.254 e. The predicted octanol–water partition coefficient (Wildman–Crippen LogP) is 2.35. The van der Waals surface area contributed by atoms with Gasteiger partial charge in [0.2, 0.25) is 5.91 Å². The molecule has 2 aliphatic heterocycles. The second-order valence-corrected chi connectivity index (χ2v) is 6.91. The van der Waals surface area contributed by atoms with Crippen LogP contribution in [0.2, 0.25) is 0 Å². The number of aromatic amines is 1. The number of carbonyl (C=O) groups excluding carboxylic acids is 2. The first-order chi connectivity index (χ1) is 12.1. The summed E-state index contributed by atoms with van der Waals surface area (Å²) in [6.07, 6.45) is 1.93. The topological polar surface area (TPSA) is 69.3 Å². The van der Waals surface area contributed by atoms with Crippen LogP contribution in [0.15, 0.2) is 24.3 Å². The summed E-state index contributed by atoms with van der Waals surface area (Å²) in [5.41, 5.74) is 4.81. The Kier molecular flexibility index (Phi) is 3.82. The highest BCUT2D eigenvalue weighted by atomic mass is 16.2. The Morgan fingerprint density at radius 1 is 1.32 bits per heavy atom. The molecule has 0 radical (unpaired) electrons. The van der Waals surface area contributed by atoms with Crippen LogP contribution in [0, 0.1) is 13.8 Å². The van der Waals surface area contributed by atoms with Crippen LogP contribution in [-0.2, 0) is 11.3 Å². The number of aryl methyl sites for hydroxylation is 2. The van der Waals surface area contributed by atoms with E-state index in [1.165, 1.54) is 0 Å². The summed E-state index contributed by atoms with van der Waals surface area (Å²) in [5, 5.41) is 7.28. The molecule has 1 N–H and O–H groups in total. The minimum atomic E-state index is -0.0460. The van der Waals surface area contributed by atoms with Crippen molar-refractivity contribution < 1.29 is 9.59 Å². The second-order valence-electron chi connectivity index (χ2n) is 6.91. The minimum absolute atomic E-state index is 0.0173. The van der Waals surface area contributed by atoms with E-state index < -0.39 is 0 Å². The van der Waals surface area contributed by atoms with E-state index in [1.54, 1.807) is 4.90 Å². The van der Waals surface area contributed by atoms with Gasteiger partial charge in [0.05, 0.1) is 11.7 Å². The number of carbonyl (C=O) groups is 2. The number of aromatic nitrogens is 2. The maximum absolute atomic E-state index is 12.9. The first-order valence-electron chi connectivity index (χ1n) is 8.74. The number of fused-ring (bicyclic) bond motifs is 1. The van der Waals surface area contributed by atoms with Gasteiger partial charge in [0.1, 0.15) is 6.54 Å². The van der Waals surface area contributed by atoms with Crippen molar-refractivity contribution in [3.8, 4) is 0 Å². The molecule has 1 unspecified atom stereocenters. The lowest BCUT2D eigenvalue weighted by Gasteiger charge is -2.27. The quantitative estimate of drug-likeness (QED) is 0.934. The summed E-state index contributed by atoms with van der Waals surface area (Å²) in [6.45, 7) is 5.36. The third-order valence-corrected chi connectivity index (χ3v) is 5.31. The molecule has 130 valence electrons. The number of hydrogen-bond donors (Lipinski definition) is 1. The Labute approximate surface area is 146 Å². The average molecular weight is 338 g/mol. The molecule has 3 heterocycles. The molecule has 0 bridgehead atoms. The van der Waals surface area contributed by atoms with Crippen LogP contribution < -0.4 is 0 Å². The molecule has 2 amide bonds. The zero-order valence-corrected chi connectivity index (χ0v) is 14.6. The van der Waals surface area contributed by atoms with Crippen molar-refractivity contribution in [3.63, 3.8) is 0 Å². The summed E-state index contributed by atoms with van der Waals surface area (Å²) in [4.78, 5) is 29.0. The maximum Gasteiger partial charge on any atom is 0.254 e. The van der Waals surface area contributed by atoms with Gasteiger partial charge < -0.3 is 9.80 Å². The van der Waals surface area contributed by atoms with E-state index in [4.69, 9.17) is 0 Å². The molecule has 1 aromatic heterocycles. The molecule has 6 heteroatoms. The van der Waals surface area contributed by atoms with Gasteiger partial charge >= 0.3 is 0 Å². The number of H-pyrrole nitrogens is 1. The van der Waals surface area contributed by atoms with Crippen molar-refractivity contribution >= 4 is 11.8 Å². The molecular weight excluding hydrogens is 316 g/mol. The first-order valence-corrected chi connectivity index (χ1v) is 8.74. The van der Waals surface area contributed by atoms with E-state index in [-0.39, 0.29) is 24.4 Å². The van der Waals surface area contributed by atoms with Crippen LogP contribution in [-0.4, -0.2) is 44.9 Å². The van der Waals surface area contributed by atoms with Crippen LogP contribution in [0.25, 0.3) is 0 Å². The number of rotatable bonds is 3. The van der Waals surface area contributed by atoms with Gasteiger partial charge in [-0.3, -0.25) is 14.7 Å². The molecule has 2 aliphatic rings. The lowest BCUT2D eigenvalue weighted by molar-refractivity contribution is -0.132. The summed E-state index contributed by atoms with van der Waals surface area (Å²) in [6, 6.07) is 7.64. The summed E-state index contributed by atoms with van der Waals surface area (Å²) < 4.78 is 0. The highest BCUT2D eigenvalue weighted by Crippen LogP contribution is 2.35. The average Bonchev–Trinajstić information content (AvgIpc) is 3.27. The molecule has 1 fully saturated rings. The molecule has 4 rings (SSSR count). The number of nitrogens with one attached hydrogen (secondary N) is 1. The van der Waals surface area contributed by atoms with Crippen molar-refractivity contribution in [1.29, 1.82) is 0 Å². The summed E-state index contributed by atoms with van der Waals surface area (Å²) >= 11 is 0. The fraction of sp³-hybridized carbons (Fsp3) is 0.421. The molecule has 6 nitrogen and oxygen atoms in total. The van der Waals surface area contributed by atoms with Gasteiger partial charge in [-0.05, 0) is 38.3 Å². The molecule has 0 spiro atoms. The van der Waals surface area contributed by atoms with E-state index in [2.05, 4.69) is 10.2 Å². The number of amides is 2. The number of likely N-dealkylation sites (tertiary alicyclic amines) is 1. The molecule has 25 heavy (non-hydrogen) atoms. The van der Waals surface area contributed by atoms with E-state index >= 15 is 0 Å². The van der Waals surface area contributed by atoms with Crippen molar-refractivity contribution in [2.75, 3.05) is 13.1 Å². The molecule has 1 atom stereocenters. The highest BCUT2D eigenvalue weighted by molar-refractivity contribution is 6.00. The van der Waals surface area contributed by atoms with Crippen molar-refractivity contribution in [3.05, 3.63) is 52.3 Å². The normalized spacial score (nSPS) is 19.6. The third-order valence-electron chi connectivity index (χ3n) is 5.31. The Morgan fingerprint density at radius 3 is 2.84 bits per heavy atom. The Bertz CT molecular complexity index is 822. The lowest BCUT2D eigenvalue weighted by Crippen LogP contribution is -2.40. The minimum Gasteiger partial charge on any atom is -0.334 e. The van der Waals surface area contributed by atoms with E-state index in [0.29, 0.717) is 6.54 Å². The number of nitrogens with zero attached hydrogens (tertiary/aromatic N) is 3. The van der Waals surface area contributed by atoms with Gasteiger partial charge in [0.25, 0.3) is 5.91 Å². The molecule has 1 aromatic carbocycles. The number of benzene rings is 1. The van der Waals surface area contributed by atoms with E-state index in [0.717, 1.165) is 47.5 Å².